The standard InChI is InChI=1S/C18H25N5/c1-20-8-10-22-11-9-21(15-18(22)13-20)14-17-5-3-7-23(17)16-4-2-6-19-12-16/h2-7,12,18H,8-11,13-15H2,1H3/t18-/m1/s1. The molecule has 2 fully saturated rings. The molecule has 0 N–H and O–H groups in total. The highest BCUT2D eigenvalue weighted by atomic mass is 15.3. The Morgan fingerprint density at radius 3 is 2.87 bits per heavy atom. The molecule has 5 nitrogen and oxygen atoms in total. The molecule has 2 aromatic rings. The molecule has 2 aliphatic heterocycles. The molecule has 2 aliphatic rings. The van der Waals surface area contributed by atoms with Gasteiger partial charge in [0.1, 0.15) is 0 Å². The lowest BCUT2D eigenvalue weighted by atomic mass is 10.1. The second-order valence-electron chi connectivity index (χ2n) is 6.77. The van der Waals surface area contributed by atoms with Crippen molar-refractivity contribution >= 4 is 0 Å². The normalized spacial score (nSPS) is 23.8. The Bertz CT molecular complexity index is 638. The molecule has 0 spiro atoms. The summed E-state index contributed by atoms with van der Waals surface area (Å²) in [6.07, 6.45) is 5.89. The van der Waals surface area contributed by atoms with Crippen LogP contribution in [0.2, 0.25) is 0 Å². The number of pyridine rings is 1. The molecule has 1 atom stereocenters. The van der Waals surface area contributed by atoms with Crippen molar-refractivity contribution in [1.29, 1.82) is 0 Å². The molecule has 0 amide bonds. The van der Waals surface area contributed by atoms with Crippen LogP contribution >= 0.6 is 0 Å². The lowest BCUT2D eigenvalue weighted by molar-refractivity contribution is 0.0170. The molecule has 0 saturated carbocycles. The number of fused-ring (bicyclic) bond motifs is 1. The minimum Gasteiger partial charge on any atom is -0.318 e. The van der Waals surface area contributed by atoms with Crippen molar-refractivity contribution in [3.63, 3.8) is 0 Å². The maximum absolute atomic E-state index is 4.24. The Labute approximate surface area is 138 Å². The fourth-order valence-electron chi connectivity index (χ4n) is 3.84. The smallest absolute Gasteiger partial charge is 0.0636 e. The third-order valence-electron chi connectivity index (χ3n) is 5.12. The van der Waals surface area contributed by atoms with Gasteiger partial charge in [0.25, 0.3) is 0 Å². The molecule has 23 heavy (non-hydrogen) atoms. The predicted octanol–water partition coefficient (Wildman–Crippen LogP) is 1.30. The maximum Gasteiger partial charge on any atom is 0.0636 e. The molecule has 0 aliphatic carbocycles. The Balaban J connectivity index is 1.46. The van der Waals surface area contributed by atoms with E-state index < -0.39 is 0 Å². The van der Waals surface area contributed by atoms with Gasteiger partial charge in [-0.25, -0.2) is 0 Å². The van der Waals surface area contributed by atoms with Gasteiger partial charge >= 0.3 is 0 Å². The van der Waals surface area contributed by atoms with Gasteiger partial charge in [0.05, 0.1) is 11.9 Å². The van der Waals surface area contributed by atoms with E-state index in [0.717, 1.165) is 12.2 Å². The average molecular weight is 311 g/mol. The number of nitrogens with zero attached hydrogens (tertiary/aromatic N) is 5. The van der Waals surface area contributed by atoms with Crippen molar-refractivity contribution in [3.05, 3.63) is 48.5 Å². The summed E-state index contributed by atoms with van der Waals surface area (Å²) >= 11 is 0. The first-order chi connectivity index (χ1) is 11.3. The Morgan fingerprint density at radius 1 is 1.09 bits per heavy atom. The van der Waals surface area contributed by atoms with Crippen molar-refractivity contribution in [3.8, 4) is 5.69 Å². The van der Waals surface area contributed by atoms with Gasteiger partial charge in [0.2, 0.25) is 0 Å². The molecule has 4 heterocycles. The van der Waals surface area contributed by atoms with Gasteiger partial charge in [0, 0.05) is 69.9 Å². The molecule has 122 valence electrons. The Kier molecular flexibility index (Phi) is 4.16. The van der Waals surface area contributed by atoms with Gasteiger partial charge in [-0.3, -0.25) is 14.8 Å². The van der Waals surface area contributed by atoms with Gasteiger partial charge in [-0.15, -0.1) is 0 Å². The first-order valence-electron chi connectivity index (χ1n) is 8.51. The third kappa shape index (κ3) is 3.17. The van der Waals surface area contributed by atoms with E-state index in [0.29, 0.717) is 6.04 Å². The van der Waals surface area contributed by atoms with Crippen LogP contribution in [-0.2, 0) is 6.54 Å². The van der Waals surface area contributed by atoms with E-state index in [1.165, 1.54) is 45.0 Å². The highest BCUT2D eigenvalue weighted by molar-refractivity contribution is 5.32. The number of likely N-dealkylation sites (N-methyl/N-ethyl adjacent to an activating group) is 1. The first-order valence-corrected chi connectivity index (χ1v) is 8.51. The fourth-order valence-corrected chi connectivity index (χ4v) is 3.84. The molecule has 4 rings (SSSR count). The summed E-state index contributed by atoms with van der Waals surface area (Å²) < 4.78 is 2.26. The molecule has 2 saturated heterocycles. The van der Waals surface area contributed by atoms with Crippen LogP contribution in [0.1, 0.15) is 5.69 Å². The molecule has 0 bridgehead atoms. The first kappa shape index (κ1) is 14.9. The van der Waals surface area contributed by atoms with E-state index in [1.807, 2.05) is 18.5 Å². The van der Waals surface area contributed by atoms with Gasteiger partial charge in [-0.1, -0.05) is 0 Å². The summed E-state index contributed by atoms with van der Waals surface area (Å²) in [6.45, 7) is 8.17. The Morgan fingerprint density at radius 2 is 2.00 bits per heavy atom. The van der Waals surface area contributed by atoms with Crippen molar-refractivity contribution in [2.45, 2.75) is 12.6 Å². The largest absolute Gasteiger partial charge is 0.318 e. The van der Waals surface area contributed by atoms with Crippen LogP contribution in [0.5, 0.6) is 0 Å². The van der Waals surface area contributed by atoms with E-state index in [-0.39, 0.29) is 0 Å². The SMILES string of the molecule is CN1CCN2CCN(Cc3cccn3-c3cccnc3)C[C@H]2C1. The predicted molar refractivity (Wildman–Crippen MR) is 91.7 cm³/mol. The van der Waals surface area contributed by atoms with Gasteiger partial charge in [-0.2, -0.15) is 0 Å². The van der Waals surface area contributed by atoms with Crippen molar-refractivity contribution < 1.29 is 0 Å². The van der Waals surface area contributed by atoms with Gasteiger partial charge < -0.3 is 9.47 Å². The van der Waals surface area contributed by atoms with Crippen LogP contribution in [-0.4, -0.2) is 76.6 Å². The van der Waals surface area contributed by atoms with Crippen LogP contribution in [0.3, 0.4) is 0 Å². The summed E-state index contributed by atoms with van der Waals surface area (Å²) in [7, 11) is 2.24. The lowest BCUT2D eigenvalue weighted by Crippen LogP contribution is -2.61. The summed E-state index contributed by atoms with van der Waals surface area (Å²) in [4.78, 5) is 12.0. The minimum absolute atomic E-state index is 0.685. The number of hydrogen-bond donors (Lipinski definition) is 0. The molecular weight excluding hydrogens is 286 g/mol. The van der Waals surface area contributed by atoms with Crippen molar-refractivity contribution in [2.24, 2.45) is 0 Å². The van der Waals surface area contributed by atoms with E-state index in [4.69, 9.17) is 0 Å². The van der Waals surface area contributed by atoms with Crippen LogP contribution < -0.4 is 0 Å². The molecule has 0 aromatic carbocycles. The third-order valence-corrected chi connectivity index (χ3v) is 5.12. The second kappa shape index (κ2) is 6.43. The molecular formula is C18H25N5. The van der Waals surface area contributed by atoms with Crippen LogP contribution in [0, 0.1) is 0 Å². The minimum atomic E-state index is 0.685. The monoisotopic (exact) mass is 311 g/mol. The molecule has 0 unspecified atom stereocenters. The van der Waals surface area contributed by atoms with E-state index >= 15 is 0 Å². The fraction of sp³-hybridized carbons (Fsp3) is 0.500. The van der Waals surface area contributed by atoms with E-state index in [9.17, 15) is 0 Å². The quantitative estimate of drug-likeness (QED) is 0.854. The molecule has 0 radical (unpaired) electrons. The van der Waals surface area contributed by atoms with Gasteiger partial charge in [-0.05, 0) is 31.3 Å². The zero-order valence-corrected chi connectivity index (χ0v) is 13.8. The van der Waals surface area contributed by atoms with Crippen LogP contribution in [0.15, 0.2) is 42.9 Å². The summed E-state index contributed by atoms with van der Waals surface area (Å²) in [5.74, 6) is 0. The lowest BCUT2D eigenvalue weighted by Gasteiger charge is -2.46. The van der Waals surface area contributed by atoms with Crippen molar-refractivity contribution in [2.75, 3.05) is 46.3 Å². The van der Waals surface area contributed by atoms with Gasteiger partial charge in [0.15, 0.2) is 0 Å². The summed E-state index contributed by atoms with van der Waals surface area (Å²) in [5, 5.41) is 0. The summed E-state index contributed by atoms with van der Waals surface area (Å²) in [5.41, 5.74) is 2.49. The zero-order valence-electron chi connectivity index (χ0n) is 13.8. The molecule has 5 heteroatoms. The van der Waals surface area contributed by atoms with Crippen LogP contribution in [0.25, 0.3) is 5.69 Å². The highest BCUT2D eigenvalue weighted by Crippen LogP contribution is 2.18. The number of piperazine rings is 2. The van der Waals surface area contributed by atoms with Crippen LogP contribution in [0.4, 0.5) is 0 Å². The average Bonchev–Trinajstić information content (AvgIpc) is 3.03. The van der Waals surface area contributed by atoms with E-state index in [2.05, 4.69) is 55.7 Å². The van der Waals surface area contributed by atoms with Crippen molar-refractivity contribution in [1.82, 2.24) is 24.3 Å². The molecule has 2 aromatic heterocycles. The highest BCUT2D eigenvalue weighted by Gasteiger charge is 2.30. The number of aromatic nitrogens is 2. The summed E-state index contributed by atoms with van der Waals surface area (Å²) in [6, 6.07) is 9.16. The maximum atomic E-state index is 4.24. The zero-order chi connectivity index (χ0) is 15.6. The Hall–Kier alpha value is -1.69. The second-order valence-corrected chi connectivity index (χ2v) is 6.77. The topological polar surface area (TPSA) is 27.5 Å². The number of hydrogen-bond acceptors (Lipinski definition) is 4. The van der Waals surface area contributed by atoms with E-state index in [1.54, 1.807) is 0 Å². The number of rotatable bonds is 3.